The SMILES string of the molecule is COc1ccc2[nH]cc(CC(=O)NCCCCc3nc(C)cs3)c2c1. The Bertz CT molecular complexity index is 853. The van der Waals surface area contributed by atoms with E-state index in [-0.39, 0.29) is 5.91 Å². The summed E-state index contributed by atoms with van der Waals surface area (Å²) in [7, 11) is 1.65. The van der Waals surface area contributed by atoms with E-state index in [1.807, 2.05) is 31.3 Å². The predicted molar refractivity (Wildman–Crippen MR) is 101 cm³/mol. The van der Waals surface area contributed by atoms with Crippen LogP contribution in [0, 0.1) is 6.92 Å². The fraction of sp³-hybridized carbons (Fsp3) is 0.368. The minimum Gasteiger partial charge on any atom is -0.497 e. The summed E-state index contributed by atoms with van der Waals surface area (Å²) in [5.74, 6) is 0.847. The van der Waals surface area contributed by atoms with Crippen molar-refractivity contribution in [3.05, 3.63) is 46.0 Å². The molecule has 1 aromatic carbocycles. The second kappa shape index (κ2) is 8.16. The van der Waals surface area contributed by atoms with Gasteiger partial charge in [-0.15, -0.1) is 11.3 Å². The molecule has 0 aliphatic heterocycles. The summed E-state index contributed by atoms with van der Waals surface area (Å²) >= 11 is 1.71. The van der Waals surface area contributed by atoms with E-state index in [4.69, 9.17) is 4.74 Å². The van der Waals surface area contributed by atoms with Crippen molar-refractivity contribution in [1.29, 1.82) is 0 Å². The van der Waals surface area contributed by atoms with Crippen molar-refractivity contribution in [2.75, 3.05) is 13.7 Å². The van der Waals surface area contributed by atoms with Gasteiger partial charge in [0.25, 0.3) is 0 Å². The molecule has 1 amide bonds. The quantitative estimate of drug-likeness (QED) is 0.605. The summed E-state index contributed by atoms with van der Waals surface area (Å²) in [6.45, 7) is 2.72. The van der Waals surface area contributed by atoms with Gasteiger partial charge in [0.15, 0.2) is 0 Å². The highest BCUT2D eigenvalue weighted by molar-refractivity contribution is 7.09. The Hall–Kier alpha value is -2.34. The Morgan fingerprint density at radius 3 is 3.00 bits per heavy atom. The van der Waals surface area contributed by atoms with Gasteiger partial charge in [0.2, 0.25) is 5.91 Å². The number of carbonyl (C=O) groups is 1. The first-order valence-corrected chi connectivity index (χ1v) is 9.35. The lowest BCUT2D eigenvalue weighted by molar-refractivity contribution is -0.120. The van der Waals surface area contributed by atoms with E-state index >= 15 is 0 Å². The summed E-state index contributed by atoms with van der Waals surface area (Å²) < 4.78 is 5.26. The molecule has 0 aliphatic rings. The average Bonchev–Trinajstić information content (AvgIpc) is 3.20. The molecule has 25 heavy (non-hydrogen) atoms. The lowest BCUT2D eigenvalue weighted by Gasteiger charge is -2.05. The van der Waals surface area contributed by atoms with Crippen molar-refractivity contribution in [2.45, 2.75) is 32.6 Å². The molecule has 6 heteroatoms. The highest BCUT2D eigenvalue weighted by Crippen LogP contribution is 2.23. The molecular formula is C19H23N3O2S. The number of amides is 1. The summed E-state index contributed by atoms with van der Waals surface area (Å²) in [5, 5.41) is 7.29. The number of nitrogens with one attached hydrogen (secondary N) is 2. The van der Waals surface area contributed by atoms with Gasteiger partial charge in [0.05, 0.1) is 18.5 Å². The van der Waals surface area contributed by atoms with Gasteiger partial charge < -0.3 is 15.0 Å². The number of aryl methyl sites for hydroxylation is 2. The number of H-pyrrole nitrogens is 1. The van der Waals surface area contributed by atoms with Crippen molar-refractivity contribution in [1.82, 2.24) is 15.3 Å². The zero-order chi connectivity index (χ0) is 17.6. The molecule has 132 valence electrons. The second-order valence-corrected chi connectivity index (χ2v) is 7.03. The van der Waals surface area contributed by atoms with Crippen LogP contribution in [0.25, 0.3) is 10.9 Å². The van der Waals surface area contributed by atoms with Crippen LogP contribution in [0.1, 0.15) is 29.1 Å². The van der Waals surface area contributed by atoms with Crippen molar-refractivity contribution in [2.24, 2.45) is 0 Å². The van der Waals surface area contributed by atoms with Gasteiger partial charge in [0, 0.05) is 34.7 Å². The van der Waals surface area contributed by atoms with Crippen LogP contribution in [0.2, 0.25) is 0 Å². The van der Waals surface area contributed by atoms with Crippen LogP contribution >= 0.6 is 11.3 Å². The number of aromatic amines is 1. The number of carbonyl (C=O) groups excluding carboxylic acids is 1. The van der Waals surface area contributed by atoms with Crippen molar-refractivity contribution < 1.29 is 9.53 Å². The zero-order valence-corrected chi connectivity index (χ0v) is 15.4. The first-order valence-electron chi connectivity index (χ1n) is 8.47. The van der Waals surface area contributed by atoms with Gasteiger partial charge >= 0.3 is 0 Å². The van der Waals surface area contributed by atoms with Gasteiger partial charge in [-0.25, -0.2) is 4.98 Å². The van der Waals surface area contributed by atoms with Gasteiger partial charge in [-0.05, 0) is 49.9 Å². The van der Waals surface area contributed by atoms with Crippen LogP contribution in [-0.2, 0) is 17.6 Å². The third-order valence-electron chi connectivity index (χ3n) is 4.13. The number of hydrogen-bond donors (Lipinski definition) is 2. The topological polar surface area (TPSA) is 67.0 Å². The number of fused-ring (bicyclic) bond motifs is 1. The molecule has 0 atom stereocenters. The molecule has 0 bridgehead atoms. The number of methoxy groups -OCH3 is 1. The normalized spacial score (nSPS) is 11.0. The molecule has 0 radical (unpaired) electrons. The molecule has 0 spiro atoms. The van der Waals surface area contributed by atoms with E-state index in [9.17, 15) is 4.79 Å². The molecule has 0 saturated heterocycles. The van der Waals surface area contributed by atoms with Crippen molar-refractivity contribution in [3.8, 4) is 5.75 Å². The third kappa shape index (κ3) is 4.60. The summed E-state index contributed by atoms with van der Waals surface area (Å²) in [4.78, 5) is 19.8. The Kier molecular flexibility index (Phi) is 5.71. The minimum atomic E-state index is 0.0498. The average molecular weight is 357 g/mol. The summed E-state index contributed by atoms with van der Waals surface area (Å²) in [6.07, 6.45) is 5.26. The first-order chi connectivity index (χ1) is 12.2. The molecule has 2 N–H and O–H groups in total. The van der Waals surface area contributed by atoms with Crippen molar-refractivity contribution in [3.63, 3.8) is 0 Å². The highest BCUT2D eigenvalue weighted by atomic mass is 32.1. The number of unbranched alkanes of at least 4 members (excludes halogenated alkanes) is 1. The van der Waals surface area contributed by atoms with Gasteiger partial charge in [-0.2, -0.15) is 0 Å². The molecule has 5 nitrogen and oxygen atoms in total. The molecule has 3 aromatic rings. The Balaban J connectivity index is 1.44. The van der Waals surface area contributed by atoms with E-state index in [0.717, 1.165) is 47.2 Å². The van der Waals surface area contributed by atoms with Crippen LogP contribution in [0.3, 0.4) is 0 Å². The smallest absolute Gasteiger partial charge is 0.224 e. The number of rotatable bonds is 8. The zero-order valence-electron chi connectivity index (χ0n) is 14.6. The number of benzene rings is 1. The molecular weight excluding hydrogens is 334 g/mol. The van der Waals surface area contributed by atoms with Gasteiger partial charge in [-0.3, -0.25) is 4.79 Å². The first kappa shape index (κ1) is 17.5. The van der Waals surface area contributed by atoms with Crippen LogP contribution in [-0.4, -0.2) is 29.5 Å². The standard InChI is InChI=1S/C19H23N3O2S/c1-13-12-25-19(22-13)5-3-4-8-20-18(23)9-14-11-21-17-7-6-15(24-2)10-16(14)17/h6-7,10-12,21H,3-5,8-9H2,1-2H3,(H,20,23). The second-order valence-electron chi connectivity index (χ2n) is 6.09. The minimum absolute atomic E-state index is 0.0498. The van der Waals surface area contributed by atoms with Crippen molar-refractivity contribution >= 4 is 28.1 Å². The van der Waals surface area contributed by atoms with E-state index in [1.165, 1.54) is 5.01 Å². The van der Waals surface area contributed by atoms with E-state index in [0.29, 0.717) is 13.0 Å². The predicted octanol–water partition coefficient (Wildman–Crippen LogP) is 3.62. The molecule has 0 saturated carbocycles. The molecule has 3 rings (SSSR count). The van der Waals surface area contributed by atoms with Crippen LogP contribution in [0.4, 0.5) is 0 Å². The number of thiazole rings is 1. The number of hydrogen-bond acceptors (Lipinski definition) is 4. The summed E-state index contributed by atoms with van der Waals surface area (Å²) in [6, 6.07) is 5.84. The van der Waals surface area contributed by atoms with Crippen LogP contribution in [0.15, 0.2) is 29.8 Å². The summed E-state index contributed by atoms with van der Waals surface area (Å²) in [5.41, 5.74) is 3.09. The molecule has 0 unspecified atom stereocenters. The molecule has 2 heterocycles. The third-order valence-corrected chi connectivity index (χ3v) is 5.16. The fourth-order valence-electron chi connectivity index (χ4n) is 2.81. The van der Waals surface area contributed by atoms with E-state index < -0.39 is 0 Å². The molecule has 0 fully saturated rings. The molecule has 0 aliphatic carbocycles. The largest absolute Gasteiger partial charge is 0.497 e. The van der Waals surface area contributed by atoms with E-state index in [2.05, 4.69) is 20.7 Å². The number of aromatic nitrogens is 2. The van der Waals surface area contributed by atoms with Gasteiger partial charge in [-0.1, -0.05) is 0 Å². The lowest BCUT2D eigenvalue weighted by Crippen LogP contribution is -2.26. The fourth-order valence-corrected chi connectivity index (χ4v) is 3.63. The maximum absolute atomic E-state index is 12.2. The monoisotopic (exact) mass is 357 g/mol. The van der Waals surface area contributed by atoms with Gasteiger partial charge in [0.1, 0.15) is 5.75 Å². The van der Waals surface area contributed by atoms with Crippen LogP contribution in [0.5, 0.6) is 5.75 Å². The number of ether oxygens (including phenoxy) is 1. The maximum Gasteiger partial charge on any atom is 0.224 e. The Morgan fingerprint density at radius 2 is 2.24 bits per heavy atom. The number of nitrogens with zero attached hydrogens (tertiary/aromatic N) is 1. The molecule has 2 aromatic heterocycles. The highest BCUT2D eigenvalue weighted by Gasteiger charge is 2.09. The van der Waals surface area contributed by atoms with Crippen LogP contribution < -0.4 is 10.1 Å². The maximum atomic E-state index is 12.2. The Morgan fingerprint density at radius 1 is 1.36 bits per heavy atom. The lowest BCUT2D eigenvalue weighted by atomic mass is 10.1. The Labute approximate surface area is 151 Å². The van der Waals surface area contributed by atoms with E-state index in [1.54, 1.807) is 18.4 Å².